The number of nitrogens with zero attached hydrogens (tertiary/aromatic N) is 1. The number of hydrogen-bond acceptors (Lipinski definition) is 4. The number of nitrogens with one attached hydrogen (secondary N) is 1. The van der Waals surface area contributed by atoms with E-state index in [0.29, 0.717) is 18.7 Å². The maximum absolute atomic E-state index is 12.1. The summed E-state index contributed by atoms with van der Waals surface area (Å²) >= 11 is 0. The van der Waals surface area contributed by atoms with Crippen LogP contribution in [0.25, 0.3) is 0 Å². The molecule has 18 heavy (non-hydrogen) atoms. The molecule has 0 saturated heterocycles. The molecular formula is C14H28N2O2. The highest BCUT2D eigenvalue weighted by Gasteiger charge is 2.46. The van der Waals surface area contributed by atoms with Crippen molar-refractivity contribution in [2.75, 3.05) is 20.7 Å². The zero-order valence-electron chi connectivity index (χ0n) is 12.5. The van der Waals surface area contributed by atoms with E-state index in [2.05, 4.69) is 31.1 Å². The van der Waals surface area contributed by atoms with Gasteiger partial charge in [-0.25, -0.2) is 0 Å². The van der Waals surface area contributed by atoms with E-state index in [4.69, 9.17) is 4.74 Å². The van der Waals surface area contributed by atoms with Gasteiger partial charge in [0, 0.05) is 12.1 Å². The first kappa shape index (κ1) is 15.4. The third kappa shape index (κ3) is 3.04. The lowest BCUT2D eigenvalue weighted by atomic mass is 9.97. The highest BCUT2D eigenvalue weighted by molar-refractivity contribution is 5.81. The Labute approximate surface area is 111 Å². The lowest BCUT2D eigenvalue weighted by Gasteiger charge is -2.32. The molecule has 106 valence electrons. The van der Waals surface area contributed by atoms with Crippen molar-refractivity contribution < 1.29 is 9.53 Å². The van der Waals surface area contributed by atoms with E-state index in [9.17, 15) is 4.79 Å². The first-order valence-corrected chi connectivity index (χ1v) is 7.08. The summed E-state index contributed by atoms with van der Waals surface area (Å²) in [6.45, 7) is 6.75. The van der Waals surface area contributed by atoms with Crippen molar-refractivity contribution >= 4 is 5.97 Å². The average molecular weight is 256 g/mol. The van der Waals surface area contributed by atoms with Crippen molar-refractivity contribution in [3.05, 3.63) is 0 Å². The molecule has 0 amide bonds. The molecule has 0 aromatic carbocycles. The SMILES string of the molecule is CCOC(=O)C1(NC)CCC(N(C)C(C)CC)C1. The summed E-state index contributed by atoms with van der Waals surface area (Å²) in [5.74, 6) is -0.0902. The van der Waals surface area contributed by atoms with Crippen LogP contribution in [0.1, 0.15) is 46.5 Å². The van der Waals surface area contributed by atoms with Gasteiger partial charge >= 0.3 is 5.97 Å². The number of ether oxygens (including phenoxy) is 1. The van der Waals surface area contributed by atoms with E-state index in [1.165, 1.54) is 0 Å². The quantitative estimate of drug-likeness (QED) is 0.736. The molecule has 1 N–H and O–H groups in total. The van der Waals surface area contributed by atoms with E-state index in [1.54, 1.807) is 0 Å². The zero-order valence-corrected chi connectivity index (χ0v) is 12.5. The molecule has 1 aliphatic carbocycles. The Bertz CT molecular complexity index is 283. The van der Waals surface area contributed by atoms with Gasteiger partial charge in [-0.15, -0.1) is 0 Å². The molecule has 4 heteroatoms. The second-order valence-corrected chi connectivity index (χ2v) is 5.37. The molecule has 1 fully saturated rings. The minimum Gasteiger partial charge on any atom is -0.465 e. The topological polar surface area (TPSA) is 41.6 Å². The minimum atomic E-state index is -0.470. The smallest absolute Gasteiger partial charge is 0.326 e. The molecule has 0 radical (unpaired) electrons. The normalized spacial score (nSPS) is 29.6. The third-order valence-electron chi connectivity index (χ3n) is 4.50. The molecule has 4 nitrogen and oxygen atoms in total. The fourth-order valence-corrected chi connectivity index (χ4v) is 2.80. The monoisotopic (exact) mass is 256 g/mol. The largest absolute Gasteiger partial charge is 0.465 e. The van der Waals surface area contributed by atoms with E-state index in [-0.39, 0.29) is 5.97 Å². The van der Waals surface area contributed by atoms with E-state index >= 15 is 0 Å². The standard InChI is InChI=1S/C14H28N2O2/c1-6-11(3)16(5)12-8-9-14(10-12,15-4)13(17)18-7-2/h11-12,15H,6-10H2,1-5H3. The number of likely N-dealkylation sites (N-methyl/N-ethyl adjacent to an activating group) is 1. The Morgan fingerprint density at radius 3 is 2.72 bits per heavy atom. The van der Waals surface area contributed by atoms with Crippen molar-refractivity contribution in [1.82, 2.24) is 10.2 Å². The molecule has 1 saturated carbocycles. The first-order valence-electron chi connectivity index (χ1n) is 7.08. The van der Waals surface area contributed by atoms with Gasteiger partial charge in [-0.05, 0) is 53.6 Å². The minimum absolute atomic E-state index is 0.0902. The molecule has 3 atom stereocenters. The second kappa shape index (κ2) is 6.53. The van der Waals surface area contributed by atoms with Crippen molar-refractivity contribution in [2.45, 2.75) is 64.1 Å². The Kier molecular flexibility index (Phi) is 5.60. The second-order valence-electron chi connectivity index (χ2n) is 5.37. The Morgan fingerprint density at radius 2 is 2.22 bits per heavy atom. The lowest BCUT2D eigenvalue weighted by Crippen LogP contribution is -2.50. The molecular weight excluding hydrogens is 228 g/mol. The van der Waals surface area contributed by atoms with Gasteiger partial charge in [0.1, 0.15) is 5.54 Å². The maximum Gasteiger partial charge on any atom is 0.326 e. The van der Waals surface area contributed by atoms with E-state index in [0.717, 1.165) is 25.7 Å². The van der Waals surface area contributed by atoms with Crippen molar-refractivity contribution in [2.24, 2.45) is 0 Å². The fraction of sp³-hybridized carbons (Fsp3) is 0.929. The number of carbonyl (C=O) groups excluding carboxylic acids is 1. The number of carbonyl (C=O) groups is 1. The number of hydrogen-bond donors (Lipinski definition) is 1. The van der Waals surface area contributed by atoms with Crippen molar-refractivity contribution in [1.29, 1.82) is 0 Å². The molecule has 0 bridgehead atoms. The molecule has 3 unspecified atom stereocenters. The van der Waals surface area contributed by atoms with Crippen molar-refractivity contribution in [3.8, 4) is 0 Å². The molecule has 0 aromatic rings. The maximum atomic E-state index is 12.1. The number of esters is 1. The summed E-state index contributed by atoms with van der Waals surface area (Å²) < 4.78 is 5.21. The van der Waals surface area contributed by atoms with Crippen molar-refractivity contribution in [3.63, 3.8) is 0 Å². The molecule has 1 aliphatic rings. The van der Waals surface area contributed by atoms with Gasteiger partial charge < -0.3 is 15.0 Å². The number of rotatable bonds is 6. The summed E-state index contributed by atoms with van der Waals surface area (Å²) in [5, 5.41) is 3.20. The highest BCUT2D eigenvalue weighted by atomic mass is 16.5. The van der Waals surface area contributed by atoms with Gasteiger partial charge in [0.15, 0.2) is 0 Å². The van der Waals surface area contributed by atoms with E-state index in [1.807, 2.05) is 14.0 Å². The fourth-order valence-electron chi connectivity index (χ4n) is 2.80. The Hall–Kier alpha value is -0.610. The Morgan fingerprint density at radius 1 is 1.56 bits per heavy atom. The van der Waals surface area contributed by atoms with Crippen LogP contribution in [-0.2, 0) is 9.53 Å². The summed E-state index contributed by atoms with van der Waals surface area (Å²) in [5.41, 5.74) is -0.470. The van der Waals surface area contributed by atoms with Crippen LogP contribution in [0.15, 0.2) is 0 Å². The summed E-state index contributed by atoms with van der Waals surface area (Å²) in [6.07, 6.45) is 3.91. The van der Waals surface area contributed by atoms with Crippen LogP contribution >= 0.6 is 0 Å². The van der Waals surface area contributed by atoms with Gasteiger partial charge in [0.05, 0.1) is 6.61 Å². The predicted octanol–water partition coefficient (Wildman–Crippen LogP) is 1.79. The average Bonchev–Trinajstić information content (AvgIpc) is 2.83. The van der Waals surface area contributed by atoms with Crippen LogP contribution in [0.3, 0.4) is 0 Å². The summed E-state index contributed by atoms with van der Waals surface area (Å²) in [6, 6.07) is 1.03. The van der Waals surface area contributed by atoms with Crippen LogP contribution in [0, 0.1) is 0 Å². The molecule has 1 rings (SSSR count). The summed E-state index contributed by atoms with van der Waals surface area (Å²) in [7, 11) is 4.03. The Balaban J connectivity index is 2.69. The third-order valence-corrected chi connectivity index (χ3v) is 4.50. The first-order chi connectivity index (χ1) is 8.50. The van der Waals surface area contributed by atoms with Crippen LogP contribution in [0.2, 0.25) is 0 Å². The van der Waals surface area contributed by atoms with Gasteiger partial charge in [0.2, 0.25) is 0 Å². The van der Waals surface area contributed by atoms with Crippen LogP contribution in [0.4, 0.5) is 0 Å². The van der Waals surface area contributed by atoms with Crippen LogP contribution in [0.5, 0.6) is 0 Å². The predicted molar refractivity (Wildman–Crippen MR) is 73.6 cm³/mol. The van der Waals surface area contributed by atoms with Gasteiger partial charge in [-0.3, -0.25) is 4.79 Å². The molecule has 0 spiro atoms. The van der Waals surface area contributed by atoms with Gasteiger partial charge in [-0.2, -0.15) is 0 Å². The highest BCUT2D eigenvalue weighted by Crippen LogP contribution is 2.34. The molecule has 0 aromatic heterocycles. The summed E-state index contributed by atoms with van der Waals surface area (Å²) in [4.78, 5) is 14.5. The molecule has 0 heterocycles. The van der Waals surface area contributed by atoms with Crippen LogP contribution < -0.4 is 5.32 Å². The van der Waals surface area contributed by atoms with Gasteiger partial charge in [-0.1, -0.05) is 6.92 Å². The zero-order chi connectivity index (χ0) is 13.8. The van der Waals surface area contributed by atoms with E-state index < -0.39 is 5.54 Å². The van der Waals surface area contributed by atoms with Crippen LogP contribution in [-0.4, -0.2) is 49.2 Å². The molecule has 0 aliphatic heterocycles. The lowest BCUT2D eigenvalue weighted by molar-refractivity contribution is -0.151. The van der Waals surface area contributed by atoms with Gasteiger partial charge in [0.25, 0.3) is 0 Å².